The van der Waals surface area contributed by atoms with Crippen LogP contribution in [0.2, 0.25) is 0 Å². The summed E-state index contributed by atoms with van der Waals surface area (Å²) in [6, 6.07) is 3.83. The topological polar surface area (TPSA) is 54.5 Å². The third-order valence-corrected chi connectivity index (χ3v) is 2.89. The lowest BCUT2D eigenvalue weighted by Crippen LogP contribution is -2.30. The van der Waals surface area contributed by atoms with Gasteiger partial charge in [-0.15, -0.1) is 0 Å². The maximum absolute atomic E-state index is 11.9. The number of pyridine rings is 1. The lowest BCUT2D eigenvalue weighted by Gasteiger charge is -2.23. The Kier molecular flexibility index (Phi) is 5.76. The van der Waals surface area contributed by atoms with Crippen molar-refractivity contribution in [3.63, 3.8) is 0 Å². The highest BCUT2D eigenvalue weighted by molar-refractivity contribution is 5.92. The Hall–Kier alpha value is -1.62. The van der Waals surface area contributed by atoms with Gasteiger partial charge in [0.15, 0.2) is 0 Å². The van der Waals surface area contributed by atoms with Gasteiger partial charge in [0.2, 0.25) is 0 Å². The zero-order chi connectivity index (χ0) is 14.4. The molecule has 1 atom stereocenters. The number of anilines is 1. The molecule has 0 aliphatic heterocycles. The van der Waals surface area contributed by atoms with Crippen molar-refractivity contribution < 1.29 is 9.53 Å². The van der Waals surface area contributed by atoms with E-state index in [1.165, 1.54) is 4.90 Å². The van der Waals surface area contributed by atoms with E-state index in [2.05, 4.69) is 24.1 Å². The molecule has 1 unspecified atom stereocenters. The molecule has 0 spiro atoms. The van der Waals surface area contributed by atoms with E-state index >= 15 is 0 Å². The van der Waals surface area contributed by atoms with Crippen LogP contribution >= 0.6 is 0 Å². The zero-order valence-corrected chi connectivity index (χ0v) is 12.3. The van der Waals surface area contributed by atoms with Gasteiger partial charge in [-0.2, -0.15) is 0 Å². The zero-order valence-electron chi connectivity index (χ0n) is 12.3. The summed E-state index contributed by atoms with van der Waals surface area (Å²) >= 11 is 0. The Morgan fingerprint density at radius 3 is 2.68 bits per heavy atom. The first-order valence-corrected chi connectivity index (χ1v) is 6.39. The molecule has 0 aromatic carbocycles. The summed E-state index contributed by atoms with van der Waals surface area (Å²) < 4.78 is 5.20. The van der Waals surface area contributed by atoms with E-state index in [0.717, 1.165) is 5.69 Å². The fourth-order valence-corrected chi connectivity index (χ4v) is 1.66. The Balaban J connectivity index is 2.84. The van der Waals surface area contributed by atoms with Gasteiger partial charge < -0.3 is 15.0 Å². The predicted octanol–water partition coefficient (Wildman–Crippen LogP) is 1.87. The Morgan fingerprint density at radius 1 is 1.47 bits per heavy atom. The number of nitrogens with zero attached hydrogens (tertiary/aromatic N) is 2. The second-order valence-corrected chi connectivity index (χ2v) is 5.08. The molecule has 1 heterocycles. The lowest BCUT2D eigenvalue weighted by molar-refractivity contribution is 0.0822. The average Bonchev–Trinajstić information content (AvgIpc) is 2.37. The summed E-state index contributed by atoms with van der Waals surface area (Å²) in [4.78, 5) is 17.5. The monoisotopic (exact) mass is 265 g/mol. The standard InChI is InChI=1S/C14H23N3O2/c1-10(2)13(9-19-5)16-11-6-7-15-12(8-11)14(18)17(3)4/h6-8,10,13H,9H2,1-5H3,(H,15,16). The van der Waals surface area contributed by atoms with Crippen LogP contribution in [0.25, 0.3) is 0 Å². The number of amides is 1. The maximum atomic E-state index is 11.9. The number of nitrogens with one attached hydrogen (secondary N) is 1. The number of carbonyl (C=O) groups excluding carboxylic acids is 1. The van der Waals surface area contributed by atoms with Gasteiger partial charge >= 0.3 is 0 Å². The SMILES string of the molecule is COCC(Nc1ccnc(C(=O)N(C)C)c1)C(C)C. The molecule has 19 heavy (non-hydrogen) atoms. The van der Waals surface area contributed by atoms with Gasteiger partial charge in [0.05, 0.1) is 12.6 Å². The molecule has 1 aromatic heterocycles. The van der Waals surface area contributed by atoms with E-state index in [9.17, 15) is 4.79 Å². The summed E-state index contributed by atoms with van der Waals surface area (Å²) in [5.41, 5.74) is 1.32. The van der Waals surface area contributed by atoms with Crippen LogP contribution in [-0.2, 0) is 4.74 Å². The van der Waals surface area contributed by atoms with Gasteiger partial charge in [0.25, 0.3) is 5.91 Å². The Bertz CT molecular complexity index is 419. The highest BCUT2D eigenvalue weighted by Gasteiger charge is 2.15. The van der Waals surface area contributed by atoms with Gasteiger partial charge in [-0.05, 0) is 18.1 Å². The normalized spacial score (nSPS) is 12.3. The third-order valence-electron chi connectivity index (χ3n) is 2.89. The lowest BCUT2D eigenvalue weighted by atomic mass is 10.1. The van der Waals surface area contributed by atoms with E-state index in [1.54, 1.807) is 33.5 Å². The molecule has 5 heteroatoms. The molecule has 1 rings (SSSR count). The van der Waals surface area contributed by atoms with Crippen LogP contribution in [-0.4, -0.2) is 49.6 Å². The second kappa shape index (κ2) is 7.09. The first-order valence-electron chi connectivity index (χ1n) is 6.39. The number of rotatable bonds is 6. The predicted molar refractivity (Wildman–Crippen MR) is 76.4 cm³/mol. The van der Waals surface area contributed by atoms with Crippen molar-refractivity contribution in [3.05, 3.63) is 24.0 Å². The van der Waals surface area contributed by atoms with Crippen LogP contribution in [0.3, 0.4) is 0 Å². The number of ether oxygens (including phenoxy) is 1. The van der Waals surface area contributed by atoms with Crippen LogP contribution in [0.4, 0.5) is 5.69 Å². The minimum Gasteiger partial charge on any atom is -0.383 e. The fraction of sp³-hybridized carbons (Fsp3) is 0.571. The van der Waals surface area contributed by atoms with Crippen molar-refractivity contribution in [3.8, 4) is 0 Å². The van der Waals surface area contributed by atoms with Crippen molar-refractivity contribution in [1.82, 2.24) is 9.88 Å². The largest absolute Gasteiger partial charge is 0.383 e. The van der Waals surface area contributed by atoms with Gasteiger partial charge in [-0.3, -0.25) is 9.78 Å². The summed E-state index contributed by atoms with van der Waals surface area (Å²) in [6.45, 7) is 4.88. The molecule has 0 saturated heterocycles. The number of carbonyl (C=O) groups is 1. The highest BCUT2D eigenvalue weighted by Crippen LogP contribution is 2.14. The van der Waals surface area contributed by atoms with Crippen LogP contribution < -0.4 is 5.32 Å². The van der Waals surface area contributed by atoms with E-state index in [4.69, 9.17) is 4.74 Å². The molecule has 0 aliphatic rings. The molecule has 0 bridgehead atoms. The molecule has 0 radical (unpaired) electrons. The molecule has 0 saturated carbocycles. The van der Waals surface area contributed by atoms with Crippen LogP contribution in [0.5, 0.6) is 0 Å². The minimum atomic E-state index is -0.100. The molecule has 0 aliphatic carbocycles. The van der Waals surface area contributed by atoms with Crippen molar-refractivity contribution in [2.75, 3.05) is 33.1 Å². The number of hydrogen-bond acceptors (Lipinski definition) is 4. The number of aromatic nitrogens is 1. The average molecular weight is 265 g/mol. The van der Waals surface area contributed by atoms with Crippen LogP contribution in [0, 0.1) is 5.92 Å². The quantitative estimate of drug-likeness (QED) is 0.853. The van der Waals surface area contributed by atoms with E-state index in [1.807, 2.05) is 6.07 Å². The summed E-state index contributed by atoms with van der Waals surface area (Å²) in [5, 5.41) is 3.38. The number of hydrogen-bond donors (Lipinski definition) is 1. The van der Waals surface area contributed by atoms with Gasteiger partial charge in [-0.1, -0.05) is 13.8 Å². The first kappa shape index (κ1) is 15.4. The summed E-state index contributed by atoms with van der Waals surface area (Å²) in [7, 11) is 5.11. The van der Waals surface area contributed by atoms with Crippen molar-refractivity contribution >= 4 is 11.6 Å². The molecule has 106 valence electrons. The van der Waals surface area contributed by atoms with Crippen LogP contribution in [0.15, 0.2) is 18.3 Å². The summed E-state index contributed by atoms with van der Waals surface area (Å²) in [5.74, 6) is 0.331. The van der Waals surface area contributed by atoms with Gasteiger partial charge in [0.1, 0.15) is 5.69 Å². The molecule has 1 aromatic rings. The van der Waals surface area contributed by atoms with Crippen molar-refractivity contribution in [2.24, 2.45) is 5.92 Å². The van der Waals surface area contributed by atoms with Crippen molar-refractivity contribution in [2.45, 2.75) is 19.9 Å². The van der Waals surface area contributed by atoms with Gasteiger partial charge in [0, 0.05) is 33.1 Å². The molecular formula is C14H23N3O2. The molecular weight excluding hydrogens is 242 g/mol. The van der Waals surface area contributed by atoms with E-state index < -0.39 is 0 Å². The Labute approximate surface area is 115 Å². The minimum absolute atomic E-state index is 0.100. The third kappa shape index (κ3) is 4.52. The molecule has 0 fully saturated rings. The van der Waals surface area contributed by atoms with Crippen LogP contribution in [0.1, 0.15) is 24.3 Å². The van der Waals surface area contributed by atoms with E-state index in [-0.39, 0.29) is 11.9 Å². The summed E-state index contributed by atoms with van der Waals surface area (Å²) in [6.07, 6.45) is 1.64. The maximum Gasteiger partial charge on any atom is 0.272 e. The number of methoxy groups -OCH3 is 1. The smallest absolute Gasteiger partial charge is 0.272 e. The molecule has 1 amide bonds. The fourth-order valence-electron chi connectivity index (χ4n) is 1.66. The van der Waals surface area contributed by atoms with E-state index in [0.29, 0.717) is 18.2 Å². The van der Waals surface area contributed by atoms with Crippen molar-refractivity contribution in [1.29, 1.82) is 0 Å². The molecule has 1 N–H and O–H groups in total. The second-order valence-electron chi connectivity index (χ2n) is 5.08. The highest BCUT2D eigenvalue weighted by atomic mass is 16.5. The Morgan fingerprint density at radius 2 is 2.16 bits per heavy atom. The molecule has 5 nitrogen and oxygen atoms in total. The first-order chi connectivity index (χ1) is 8.95. The van der Waals surface area contributed by atoms with Gasteiger partial charge in [-0.25, -0.2) is 0 Å².